The van der Waals surface area contributed by atoms with Gasteiger partial charge in [-0.05, 0) is 19.1 Å². The van der Waals surface area contributed by atoms with Crippen LogP contribution in [-0.2, 0) is 0 Å². The third-order valence-electron chi connectivity index (χ3n) is 1.85. The number of ether oxygens (including phenoxy) is 1. The zero-order valence-electron chi connectivity index (χ0n) is 7.39. The number of fused-ring (bicyclic) bond motifs is 1. The molecule has 2 aromatic rings. The number of halogens is 1. The first-order chi connectivity index (χ1) is 6.20. The minimum absolute atomic E-state index is 0.786. The summed E-state index contributed by atoms with van der Waals surface area (Å²) in [6.45, 7) is 1.92. The molecule has 0 fully saturated rings. The summed E-state index contributed by atoms with van der Waals surface area (Å²) >= 11 is 3.41. The number of hydrogen-bond acceptors (Lipinski definition) is 2. The molecule has 1 heterocycles. The molecule has 0 unspecified atom stereocenters. The van der Waals surface area contributed by atoms with Crippen LogP contribution in [0.1, 0.15) is 5.82 Å². The van der Waals surface area contributed by atoms with Crippen LogP contribution in [0.3, 0.4) is 0 Å². The Morgan fingerprint density at radius 3 is 2.92 bits per heavy atom. The fourth-order valence-electron chi connectivity index (χ4n) is 1.33. The number of benzene rings is 1. The van der Waals surface area contributed by atoms with Gasteiger partial charge in [-0.3, -0.25) is 0 Å². The van der Waals surface area contributed by atoms with Crippen molar-refractivity contribution in [1.82, 2.24) is 9.97 Å². The summed E-state index contributed by atoms with van der Waals surface area (Å²) in [7, 11) is 1.64. The second-order valence-electron chi connectivity index (χ2n) is 2.83. The summed E-state index contributed by atoms with van der Waals surface area (Å²) < 4.78 is 6.20. The van der Waals surface area contributed by atoms with E-state index in [1.165, 1.54) is 0 Å². The first kappa shape index (κ1) is 8.56. The molecule has 68 valence electrons. The standard InChI is InChI=1S/C9H9BrN2O/c1-5-11-7-3-6(10)4-8(13-2)9(7)12-5/h3-4H,1-2H3,(H,11,12). The van der Waals surface area contributed by atoms with Crippen LogP contribution in [0, 0.1) is 6.92 Å². The number of aromatic amines is 1. The minimum atomic E-state index is 0.786. The molecular formula is C9H9BrN2O. The molecule has 1 N–H and O–H groups in total. The molecule has 3 nitrogen and oxygen atoms in total. The van der Waals surface area contributed by atoms with Crippen molar-refractivity contribution < 1.29 is 4.74 Å². The number of rotatable bonds is 1. The zero-order valence-corrected chi connectivity index (χ0v) is 8.97. The van der Waals surface area contributed by atoms with Crippen molar-refractivity contribution in [3.63, 3.8) is 0 Å². The van der Waals surface area contributed by atoms with Gasteiger partial charge < -0.3 is 9.72 Å². The van der Waals surface area contributed by atoms with Gasteiger partial charge in [-0.2, -0.15) is 0 Å². The number of nitrogens with one attached hydrogen (secondary N) is 1. The van der Waals surface area contributed by atoms with Crippen molar-refractivity contribution in [2.45, 2.75) is 6.92 Å². The Kier molecular flexibility index (Phi) is 2.00. The zero-order chi connectivity index (χ0) is 9.42. The largest absolute Gasteiger partial charge is 0.494 e. The van der Waals surface area contributed by atoms with E-state index in [0.717, 1.165) is 27.1 Å². The predicted octanol–water partition coefficient (Wildman–Crippen LogP) is 2.64. The number of aryl methyl sites for hydroxylation is 1. The SMILES string of the molecule is COc1cc(Br)cc2[nH]c(C)nc12. The van der Waals surface area contributed by atoms with E-state index in [4.69, 9.17) is 4.74 Å². The molecule has 0 saturated carbocycles. The van der Waals surface area contributed by atoms with Gasteiger partial charge in [0, 0.05) is 4.47 Å². The summed E-state index contributed by atoms with van der Waals surface area (Å²) in [4.78, 5) is 7.48. The van der Waals surface area contributed by atoms with Crippen molar-refractivity contribution in [1.29, 1.82) is 0 Å². The Bertz CT molecular complexity index is 450. The van der Waals surface area contributed by atoms with Crippen molar-refractivity contribution in [3.05, 3.63) is 22.4 Å². The molecule has 1 aromatic carbocycles. The third kappa shape index (κ3) is 1.42. The van der Waals surface area contributed by atoms with Crippen LogP contribution in [0.25, 0.3) is 11.0 Å². The lowest BCUT2D eigenvalue weighted by atomic mass is 10.3. The fourth-order valence-corrected chi connectivity index (χ4v) is 1.77. The molecule has 0 aliphatic rings. The smallest absolute Gasteiger partial charge is 0.147 e. The Balaban J connectivity index is 2.80. The van der Waals surface area contributed by atoms with Crippen molar-refractivity contribution in [2.75, 3.05) is 7.11 Å². The van der Waals surface area contributed by atoms with Gasteiger partial charge in [-0.15, -0.1) is 0 Å². The van der Waals surface area contributed by atoms with Crippen molar-refractivity contribution >= 4 is 27.0 Å². The molecular weight excluding hydrogens is 232 g/mol. The highest BCUT2D eigenvalue weighted by atomic mass is 79.9. The number of hydrogen-bond donors (Lipinski definition) is 1. The molecule has 0 aliphatic carbocycles. The molecule has 4 heteroatoms. The average Bonchev–Trinajstić information content (AvgIpc) is 2.43. The molecule has 0 bridgehead atoms. The fraction of sp³-hybridized carbons (Fsp3) is 0.222. The van der Waals surface area contributed by atoms with Crippen LogP contribution in [0.15, 0.2) is 16.6 Å². The van der Waals surface area contributed by atoms with Gasteiger partial charge in [-0.1, -0.05) is 15.9 Å². The van der Waals surface area contributed by atoms with Crippen LogP contribution in [0.4, 0.5) is 0 Å². The molecule has 0 amide bonds. The van der Waals surface area contributed by atoms with E-state index in [9.17, 15) is 0 Å². The molecule has 13 heavy (non-hydrogen) atoms. The molecule has 0 atom stereocenters. The van der Waals surface area contributed by atoms with Crippen LogP contribution < -0.4 is 4.74 Å². The van der Waals surface area contributed by atoms with Gasteiger partial charge in [0.1, 0.15) is 17.1 Å². The molecule has 0 aliphatic heterocycles. The minimum Gasteiger partial charge on any atom is -0.494 e. The molecule has 2 rings (SSSR count). The van der Waals surface area contributed by atoms with Gasteiger partial charge in [0.2, 0.25) is 0 Å². The lowest BCUT2D eigenvalue weighted by Gasteiger charge is -2.00. The second-order valence-corrected chi connectivity index (χ2v) is 3.74. The number of imidazole rings is 1. The Morgan fingerprint density at radius 1 is 1.46 bits per heavy atom. The van der Waals surface area contributed by atoms with Gasteiger partial charge >= 0.3 is 0 Å². The maximum Gasteiger partial charge on any atom is 0.147 e. The van der Waals surface area contributed by atoms with E-state index in [1.807, 2.05) is 19.1 Å². The highest BCUT2D eigenvalue weighted by molar-refractivity contribution is 9.10. The summed E-state index contributed by atoms with van der Waals surface area (Å²) in [6.07, 6.45) is 0. The lowest BCUT2D eigenvalue weighted by Crippen LogP contribution is -1.84. The number of methoxy groups -OCH3 is 1. The molecule has 0 spiro atoms. The summed E-state index contributed by atoms with van der Waals surface area (Å²) in [5, 5.41) is 0. The highest BCUT2D eigenvalue weighted by Gasteiger charge is 2.06. The van der Waals surface area contributed by atoms with Crippen LogP contribution in [0.2, 0.25) is 0 Å². The molecule has 1 aromatic heterocycles. The summed E-state index contributed by atoms with van der Waals surface area (Å²) in [6, 6.07) is 3.89. The number of H-pyrrole nitrogens is 1. The Morgan fingerprint density at radius 2 is 2.23 bits per heavy atom. The quantitative estimate of drug-likeness (QED) is 0.833. The van der Waals surface area contributed by atoms with Gasteiger partial charge in [0.25, 0.3) is 0 Å². The maximum atomic E-state index is 5.21. The van der Waals surface area contributed by atoms with Crippen molar-refractivity contribution in [3.8, 4) is 5.75 Å². The normalized spacial score (nSPS) is 10.7. The van der Waals surface area contributed by atoms with Gasteiger partial charge in [0.05, 0.1) is 12.6 Å². The van der Waals surface area contributed by atoms with Crippen molar-refractivity contribution in [2.24, 2.45) is 0 Å². The second kappa shape index (κ2) is 3.03. The summed E-state index contributed by atoms with van der Waals surface area (Å²) in [5.74, 6) is 1.68. The average molecular weight is 241 g/mol. The summed E-state index contributed by atoms with van der Waals surface area (Å²) in [5.41, 5.74) is 1.87. The van der Waals surface area contributed by atoms with Gasteiger partial charge in [-0.25, -0.2) is 4.98 Å². The Hall–Kier alpha value is -1.03. The topological polar surface area (TPSA) is 37.9 Å². The van der Waals surface area contributed by atoms with E-state index in [-0.39, 0.29) is 0 Å². The lowest BCUT2D eigenvalue weighted by molar-refractivity contribution is 0.418. The van der Waals surface area contributed by atoms with E-state index in [2.05, 4.69) is 25.9 Å². The van der Waals surface area contributed by atoms with E-state index in [0.29, 0.717) is 0 Å². The van der Waals surface area contributed by atoms with E-state index in [1.54, 1.807) is 7.11 Å². The number of nitrogens with zero attached hydrogens (tertiary/aromatic N) is 1. The van der Waals surface area contributed by atoms with Crippen LogP contribution in [0.5, 0.6) is 5.75 Å². The van der Waals surface area contributed by atoms with E-state index >= 15 is 0 Å². The Labute approximate surface area is 84.3 Å². The van der Waals surface area contributed by atoms with Crippen LogP contribution >= 0.6 is 15.9 Å². The molecule has 0 saturated heterocycles. The predicted molar refractivity (Wildman–Crippen MR) is 55.1 cm³/mol. The first-order valence-corrected chi connectivity index (χ1v) is 4.70. The highest BCUT2D eigenvalue weighted by Crippen LogP contribution is 2.27. The first-order valence-electron chi connectivity index (χ1n) is 3.90. The van der Waals surface area contributed by atoms with E-state index < -0.39 is 0 Å². The van der Waals surface area contributed by atoms with Gasteiger partial charge in [0.15, 0.2) is 0 Å². The van der Waals surface area contributed by atoms with Crippen LogP contribution in [-0.4, -0.2) is 17.1 Å². The molecule has 0 radical (unpaired) electrons. The number of aromatic nitrogens is 2. The maximum absolute atomic E-state index is 5.21. The third-order valence-corrected chi connectivity index (χ3v) is 2.31. The monoisotopic (exact) mass is 240 g/mol.